The summed E-state index contributed by atoms with van der Waals surface area (Å²) in [5, 5.41) is 0. The highest BCUT2D eigenvalue weighted by Gasteiger charge is 2.37. The molecule has 0 saturated carbocycles. The van der Waals surface area contributed by atoms with E-state index in [1.807, 2.05) is 0 Å². The number of thioether (sulfide) groups is 1. The molecule has 0 amide bonds. The van der Waals surface area contributed by atoms with Crippen molar-refractivity contribution in [3.8, 4) is 0 Å². The number of hydrogen-bond acceptors (Lipinski definition) is 3. The van der Waals surface area contributed by atoms with Crippen molar-refractivity contribution in [2.24, 2.45) is 0 Å². The van der Waals surface area contributed by atoms with Crippen LogP contribution in [-0.2, 0) is 4.79 Å². The van der Waals surface area contributed by atoms with Crippen LogP contribution in [0.5, 0.6) is 0 Å². The van der Waals surface area contributed by atoms with Crippen LogP contribution >= 0.6 is 11.8 Å². The third-order valence-corrected chi connectivity index (χ3v) is 4.90. The highest BCUT2D eigenvalue weighted by Crippen LogP contribution is 2.36. The largest absolute Gasteiger partial charge is 0.365 e. The molecule has 3 heteroatoms. The van der Waals surface area contributed by atoms with Crippen molar-refractivity contribution < 1.29 is 4.79 Å². The molecule has 0 aliphatic carbocycles. The number of carbonyl (C=O) groups is 1. The van der Waals surface area contributed by atoms with E-state index in [9.17, 15) is 4.79 Å². The molecule has 2 bridgehead atoms. The molecule has 2 fully saturated rings. The summed E-state index contributed by atoms with van der Waals surface area (Å²) >= 11 is 1.77. The lowest BCUT2D eigenvalue weighted by atomic mass is 9.83. The molecule has 96 valence electrons. The zero-order valence-electron chi connectivity index (χ0n) is 10.8. The smallest absolute Gasteiger partial charge is 0.137 e. The number of benzene rings is 1. The number of Topliss-reactive ketones (excluding diaryl/α,β-unsaturated/α-hetero) is 1. The van der Waals surface area contributed by atoms with Crippen LogP contribution in [0, 0.1) is 0 Å². The predicted octanol–water partition coefficient (Wildman–Crippen LogP) is 3.50. The van der Waals surface area contributed by atoms with Gasteiger partial charge in [0, 0.05) is 35.5 Å². The van der Waals surface area contributed by atoms with Gasteiger partial charge in [-0.15, -0.1) is 11.8 Å². The van der Waals surface area contributed by atoms with Gasteiger partial charge in [-0.3, -0.25) is 4.79 Å². The molecule has 0 spiro atoms. The Morgan fingerprint density at radius 3 is 2.28 bits per heavy atom. The molecule has 0 radical (unpaired) electrons. The van der Waals surface area contributed by atoms with Gasteiger partial charge in [0.25, 0.3) is 0 Å². The van der Waals surface area contributed by atoms with Crippen molar-refractivity contribution in [3.63, 3.8) is 0 Å². The topological polar surface area (TPSA) is 20.3 Å². The lowest BCUT2D eigenvalue weighted by molar-refractivity contribution is -0.121. The van der Waals surface area contributed by atoms with Crippen molar-refractivity contribution in [2.45, 2.75) is 49.1 Å². The average Bonchev–Trinajstić information content (AvgIpc) is 2.38. The Morgan fingerprint density at radius 2 is 1.72 bits per heavy atom. The third kappa shape index (κ3) is 2.16. The number of rotatable bonds is 2. The molecule has 2 saturated heterocycles. The molecule has 0 N–H and O–H groups in total. The third-order valence-electron chi connectivity index (χ3n) is 4.16. The maximum absolute atomic E-state index is 11.7. The van der Waals surface area contributed by atoms with Gasteiger partial charge in [-0.2, -0.15) is 0 Å². The number of carbonyl (C=O) groups excluding carboxylic acids is 1. The molecule has 2 unspecified atom stereocenters. The lowest BCUT2D eigenvalue weighted by Crippen LogP contribution is -2.52. The molecule has 2 heterocycles. The Hall–Kier alpha value is -0.960. The van der Waals surface area contributed by atoms with Gasteiger partial charge >= 0.3 is 0 Å². The van der Waals surface area contributed by atoms with Crippen LogP contribution in [0.4, 0.5) is 5.69 Å². The number of fused-ring (bicyclic) bond motifs is 2. The van der Waals surface area contributed by atoms with Gasteiger partial charge in [0.2, 0.25) is 0 Å². The van der Waals surface area contributed by atoms with Crippen molar-refractivity contribution in [1.82, 2.24) is 0 Å². The van der Waals surface area contributed by atoms with E-state index in [1.165, 1.54) is 29.8 Å². The van der Waals surface area contributed by atoms with Crippen LogP contribution in [0.1, 0.15) is 32.1 Å². The second-order valence-electron chi connectivity index (χ2n) is 5.29. The minimum absolute atomic E-state index is 0.449. The standard InChI is InChI=1S/C15H19NOS/c1-18-15-7-5-11(6-8-15)16-12-3-2-4-13(16)10-14(17)9-12/h5-8,12-13H,2-4,9-10H2,1H3. The summed E-state index contributed by atoms with van der Waals surface area (Å²) in [6, 6.07) is 9.70. The summed E-state index contributed by atoms with van der Waals surface area (Å²) in [5.74, 6) is 0.460. The number of nitrogens with zero attached hydrogens (tertiary/aromatic N) is 1. The zero-order valence-corrected chi connectivity index (χ0v) is 11.6. The summed E-state index contributed by atoms with van der Waals surface area (Å²) < 4.78 is 0. The first-order valence-electron chi connectivity index (χ1n) is 6.72. The monoisotopic (exact) mass is 261 g/mol. The van der Waals surface area contributed by atoms with Crippen LogP contribution in [0.25, 0.3) is 0 Å². The molecular formula is C15H19NOS. The Kier molecular flexibility index (Phi) is 3.33. The second kappa shape index (κ2) is 4.96. The number of piperidine rings is 2. The van der Waals surface area contributed by atoms with Crippen LogP contribution in [0.3, 0.4) is 0 Å². The fourth-order valence-corrected chi connectivity index (χ4v) is 3.76. The maximum Gasteiger partial charge on any atom is 0.137 e. The molecule has 3 rings (SSSR count). The highest BCUT2D eigenvalue weighted by molar-refractivity contribution is 7.98. The van der Waals surface area contributed by atoms with Crippen molar-refractivity contribution >= 4 is 23.2 Å². The van der Waals surface area contributed by atoms with Gasteiger partial charge in [-0.1, -0.05) is 0 Å². The van der Waals surface area contributed by atoms with Gasteiger partial charge < -0.3 is 4.90 Å². The normalized spacial score (nSPS) is 27.4. The van der Waals surface area contributed by atoms with Crippen LogP contribution in [-0.4, -0.2) is 24.1 Å². The average molecular weight is 261 g/mol. The fraction of sp³-hybridized carbons (Fsp3) is 0.533. The Bertz CT molecular complexity index is 426. The van der Waals surface area contributed by atoms with Crippen molar-refractivity contribution in [3.05, 3.63) is 24.3 Å². The molecule has 1 aromatic rings. The van der Waals surface area contributed by atoms with Crippen LogP contribution < -0.4 is 4.90 Å². The minimum Gasteiger partial charge on any atom is -0.365 e. The lowest BCUT2D eigenvalue weighted by Gasteiger charge is -2.47. The Labute approximate surface area is 113 Å². The fourth-order valence-electron chi connectivity index (χ4n) is 3.35. The van der Waals surface area contributed by atoms with E-state index in [-0.39, 0.29) is 0 Å². The summed E-state index contributed by atoms with van der Waals surface area (Å²) in [6.45, 7) is 0. The molecule has 2 aliphatic heterocycles. The maximum atomic E-state index is 11.7. The first-order chi connectivity index (χ1) is 8.78. The van der Waals surface area contributed by atoms with E-state index in [0.29, 0.717) is 17.9 Å². The zero-order chi connectivity index (χ0) is 12.5. The molecule has 18 heavy (non-hydrogen) atoms. The van der Waals surface area contributed by atoms with Crippen LogP contribution in [0.15, 0.2) is 29.2 Å². The first kappa shape index (κ1) is 12.1. The highest BCUT2D eigenvalue weighted by atomic mass is 32.2. The van der Waals surface area contributed by atoms with E-state index in [2.05, 4.69) is 35.4 Å². The van der Waals surface area contributed by atoms with Gasteiger partial charge in [0.05, 0.1) is 0 Å². The second-order valence-corrected chi connectivity index (χ2v) is 6.17. The first-order valence-corrected chi connectivity index (χ1v) is 7.94. The van der Waals surface area contributed by atoms with Crippen molar-refractivity contribution in [2.75, 3.05) is 11.2 Å². The summed E-state index contributed by atoms with van der Waals surface area (Å²) in [4.78, 5) is 15.5. The minimum atomic E-state index is 0.449. The Balaban J connectivity index is 1.87. The molecule has 1 aromatic carbocycles. The van der Waals surface area contributed by atoms with Gasteiger partial charge in [-0.05, 0) is 49.8 Å². The van der Waals surface area contributed by atoms with E-state index in [4.69, 9.17) is 0 Å². The number of anilines is 1. The summed E-state index contributed by atoms with van der Waals surface area (Å²) in [6.07, 6.45) is 7.23. The summed E-state index contributed by atoms with van der Waals surface area (Å²) in [5.41, 5.74) is 1.30. The SMILES string of the molecule is CSc1ccc(N2C3CCCC2CC(=O)C3)cc1. The van der Waals surface area contributed by atoms with Gasteiger partial charge in [-0.25, -0.2) is 0 Å². The number of ketones is 1. The van der Waals surface area contributed by atoms with E-state index < -0.39 is 0 Å². The Morgan fingerprint density at radius 1 is 1.11 bits per heavy atom. The van der Waals surface area contributed by atoms with E-state index in [1.54, 1.807) is 11.8 Å². The van der Waals surface area contributed by atoms with Crippen LogP contribution in [0.2, 0.25) is 0 Å². The molecule has 0 aromatic heterocycles. The molecule has 2 atom stereocenters. The van der Waals surface area contributed by atoms with Crippen molar-refractivity contribution in [1.29, 1.82) is 0 Å². The van der Waals surface area contributed by atoms with E-state index in [0.717, 1.165) is 12.8 Å². The molecule has 2 nitrogen and oxygen atoms in total. The van der Waals surface area contributed by atoms with E-state index >= 15 is 0 Å². The molecular weight excluding hydrogens is 242 g/mol. The summed E-state index contributed by atoms with van der Waals surface area (Å²) in [7, 11) is 0. The molecule has 2 aliphatic rings. The number of hydrogen-bond donors (Lipinski definition) is 0. The predicted molar refractivity (Wildman–Crippen MR) is 76.4 cm³/mol. The van der Waals surface area contributed by atoms with Gasteiger partial charge in [0.1, 0.15) is 5.78 Å². The van der Waals surface area contributed by atoms with Gasteiger partial charge in [0.15, 0.2) is 0 Å². The quantitative estimate of drug-likeness (QED) is 0.760.